The molecule has 1 rings (SSSR count). The van der Waals surface area contributed by atoms with Crippen molar-refractivity contribution >= 4 is 11.6 Å². The van der Waals surface area contributed by atoms with E-state index >= 15 is 0 Å². The fourth-order valence-corrected chi connectivity index (χ4v) is 0.683. The molecule has 0 saturated carbocycles. The maximum atomic E-state index is 10.9. The number of Topliss-reactive ketones (excluding diaryl/α,β-unsaturated/α-hetero) is 1. The normalized spacial score (nSPS) is 9.91. The zero-order valence-electron chi connectivity index (χ0n) is 6.32. The molecule has 5 nitrogen and oxygen atoms in total. The Morgan fingerprint density at radius 2 is 2.55 bits per heavy atom. The van der Waals surface area contributed by atoms with Crippen LogP contribution in [0, 0.1) is 0 Å². The van der Waals surface area contributed by atoms with Crippen molar-refractivity contribution in [3.8, 4) is 0 Å². The van der Waals surface area contributed by atoms with E-state index in [1.807, 2.05) is 6.92 Å². The third kappa shape index (κ3) is 2.03. The molecule has 0 aliphatic carbocycles. The van der Waals surface area contributed by atoms with E-state index in [9.17, 15) is 4.79 Å². The number of rotatable bonds is 3. The van der Waals surface area contributed by atoms with Crippen molar-refractivity contribution in [3.05, 3.63) is 6.20 Å². The van der Waals surface area contributed by atoms with Gasteiger partial charge in [0.2, 0.25) is 0 Å². The van der Waals surface area contributed by atoms with Gasteiger partial charge in [0.1, 0.15) is 6.54 Å². The van der Waals surface area contributed by atoms with E-state index in [-0.39, 0.29) is 12.3 Å². The number of anilines is 1. The third-order valence-corrected chi connectivity index (χ3v) is 1.29. The first kappa shape index (κ1) is 7.71. The van der Waals surface area contributed by atoms with Crippen LogP contribution in [0.2, 0.25) is 0 Å². The van der Waals surface area contributed by atoms with E-state index in [4.69, 9.17) is 5.73 Å². The average Bonchev–Trinajstić information content (AvgIpc) is 2.35. The Labute approximate surface area is 64.2 Å². The minimum atomic E-state index is 0.120. The van der Waals surface area contributed by atoms with Gasteiger partial charge < -0.3 is 5.73 Å². The van der Waals surface area contributed by atoms with Gasteiger partial charge in [-0.3, -0.25) is 4.79 Å². The quantitative estimate of drug-likeness (QED) is 0.656. The molecule has 1 aromatic rings. The molecule has 0 bridgehead atoms. The van der Waals surface area contributed by atoms with Crippen LogP contribution in [-0.2, 0) is 11.3 Å². The van der Waals surface area contributed by atoms with Crippen LogP contribution in [0.5, 0.6) is 0 Å². The summed E-state index contributed by atoms with van der Waals surface area (Å²) in [4.78, 5) is 10.9. The van der Waals surface area contributed by atoms with Gasteiger partial charge in [-0.2, -0.15) is 0 Å². The van der Waals surface area contributed by atoms with Crippen LogP contribution in [0.25, 0.3) is 0 Å². The van der Waals surface area contributed by atoms with E-state index in [2.05, 4.69) is 10.3 Å². The number of carbonyl (C=O) groups excluding carboxylic acids is 1. The summed E-state index contributed by atoms with van der Waals surface area (Å²) in [5, 5.41) is 7.17. The first-order valence-corrected chi connectivity index (χ1v) is 3.39. The Bertz CT molecular complexity index is 255. The minimum Gasteiger partial charge on any atom is -0.381 e. The highest BCUT2D eigenvalue weighted by Gasteiger charge is 2.00. The molecule has 0 unspecified atom stereocenters. The summed E-state index contributed by atoms with van der Waals surface area (Å²) in [5.41, 5.74) is 5.29. The van der Waals surface area contributed by atoms with Gasteiger partial charge in [-0.25, -0.2) is 4.68 Å². The topological polar surface area (TPSA) is 73.8 Å². The molecule has 1 heterocycles. The standard InChI is InChI=1S/C6H10N4O/c1-2-5(11)3-10-4-6(7)8-9-10/h4H,2-3,7H2,1H3. The summed E-state index contributed by atoms with van der Waals surface area (Å²) in [6.07, 6.45) is 2.05. The summed E-state index contributed by atoms with van der Waals surface area (Å²) < 4.78 is 1.43. The van der Waals surface area contributed by atoms with Crippen LogP contribution < -0.4 is 5.73 Å². The van der Waals surface area contributed by atoms with Gasteiger partial charge in [0.25, 0.3) is 0 Å². The summed E-state index contributed by atoms with van der Waals surface area (Å²) >= 11 is 0. The SMILES string of the molecule is CCC(=O)Cn1cc(N)nn1. The fraction of sp³-hybridized carbons (Fsp3) is 0.500. The average molecular weight is 154 g/mol. The van der Waals surface area contributed by atoms with Crippen LogP contribution >= 0.6 is 0 Å². The Morgan fingerprint density at radius 1 is 1.82 bits per heavy atom. The molecule has 0 spiro atoms. The van der Waals surface area contributed by atoms with E-state index in [0.29, 0.717) is 12.2 Å². The second-order valence-electron chi connectivity index (χ2n) is 2.23. The van der Waals surface area contributed by atoms with Crippen LogP contribution in [0.15, 0.2) is 6.20 Å². The highest BCUT2D eigenvalue weighted by molar-refractivity contribution is 5.77. The van der Waals surface area contributed by atoms with Crippen LogP contribution in [-0.4, -0.2) is 20.8 Å². The van der Waals surface area contributed by atoms with Gasteiger partial charge in [-0.15, -0.1) is 5.10 Å². The lowest BCUT2D eigenvalue weighted by atomic mass is 10.3. The van der Waals surface area contributed by atoms with Crippen molar-refractivity contribution in [2.45, 2.75) is 19.9 Å². The maximum Gasteiger partial charge on any atom is 0.165 e. The molecule has 0 aliphatic heterocycles. The second kappa shape index (κ2) is 3.14. The molecular formula is C6H10N4O. The maximum absolute atomic E-state index is 10.9. The predicted molar refractivity (Wildman–Crippen MR) is 39.7 cm³/mol. The number of hydrogen-bond donors (Lipinski definition) is 1. The lowest BCUT2D eigenvalue weighted by Gasteiger charge is -1.94. The highest BCUT2D eigenvalue weighted by atomic mass is 16.1. The smallest absolute Gasteiger partial charge is 0.165 e. The molecule has 0 radical (unpaired) electrons. The first-order chi connectivity index (χ1) is 5.22. The molecule has 0 saturated heterocycles. The predicted octanol–water partition coefficient (Wildman–Crippen LogP) is -0.161. The molecule has 0 aliphatic rings. The van der Waals surface area contributed by atoms with Crippen molar-refractivity contribution < 1.29 is 4.79 Å². The van der Waals surface area contributed by atoms with Gasteiger partial charge in [0.05, 0.1) is 6.20 Å². The Morgan fingerprint density at radius 3 is 3.00 bits per heavy atom. The number of aromatic nitrogens is 3. The van der Waals surface area contributed by atoms with Crippen molar-refractivity contribution in [1.29, 1.82) is 0 Å². The number of carbonyl (C=O) groups is 1. The van der Waals surface area contributed by atoms with Gasteiger partial charge >= 0.3 is 0 Å². The van der Waals surface area contributed by atoms with E-state index in [1.54, 1.807) is 0 Å². The zero-order valence-corrected chi connectivity index (χ0v) is 6.32. The van der Waals surface area contributed by atoms with Crippen molar-refractivity contribution in [2.75, 3.05) is 5.73 Å². The number of nitrogens with zero attached hydrogens (tertiary/aromatic N) is 3. The summed E-state index contributed by atoms with van der Waals surface area (Å²) in [7, 11) is 0. The second-order valence-corrected chi connectivity index (χ2v) is 2.23. The van der Waals surface area contributed by atoms with E-state index in [0.717, 1.165) is 0 Å². The number of ketones is 1. The minimum absolute atomic E-state index is 0.120. The molecule has 0 atom stereocenters. The monoisotopic (exact) mass is 154 g/mol. The van der Waals surface area contributed by atoms with Gasteiger partial charge in [0.15, 0.2) is 11.6 Å². The Hall–Kier alpha value is -1.39. The molecule has 60 valence electrons. The lowest BCUT2D eigenvalue weighted by Crippen LogP contribution is -2.09. The number of nitrogens with two attached hydrogens (primary N) is 1. The molecule has 0 fully saturated rings. The molecular weight excluding hydrogens is 144 g/mol. The van der Waals surface area contributed by atoms with Crippen LogP contribution in [0.3, 0.4) is 0 Å². The fourth-order valence-electron chi connectivity index (χ4n) is 0.683. The first-order valence-electron chi connectivity index (χ1n) is 3.39. The molecule has 5 heteroatoms. The van der Waals surface area contributed by atoms with Crippen molar-refractivity contribution in [2.24, 2.45) is 0 Å². The highest BCUT2D eigenvalue weighted by Crippen LogP contribution is 1.93. The molecule has 0 amide bonds. The van der Waals surface area contributed by atoms with Crippen LogP contribution in [0.1, 0.15) is 13.3 Å². The van der Waals surface area contributed by atoms with Crippen molar-refractivity contribution in [1.82, 2.24) is 15.0 Å². The van der Waals surface area contributed by atoms with Gasteiger partial charge in [-0.1, -0.05) is 12.1 Å². The molecule has 11 heavy (non-hydrogen) atoms. The lowest BCUT2D eigenvalue weighted by molar-refractivity contribution is -0.119. The summed E-state index contributed by atoms with van der Waals surface area (Å²) in [6.45, 7) is 2.07. The third-order valence-electron chi connectivity index (χ3n) is 1.29. The molecule has 1 aromatic heterocycles. The Balaban J connectivity index is 2.57. The van der Waals surface area contributed by atoms with E-state index < -0.39 is 0 Å². The molecule has 2 N–H and O–H groups in total. The zero-order chi connectivity index (χ0) is 8.27. The van der Waals surface area contributed by atoms with Crippen LogP contribution in [0.4, 0.5) is 5.82 Å². The number of nitrogen functional groups attached to an aromatic ring is 1. The Kier molecular flexibility index (Phi) is 2.20. The van der Waals surface area contributed by atoms with E-state index in [1.165, 1.54) is 10.9 Å². The molecule has 0 aromatic carbocycles. The van der Waals surface area contributed by atoms with Gasteiger partial charge in [-0.05, 0) is 0 Å². The summed E-state index contributed by atoms with van der Waals surface area (Å²) in [5.74, 6) is 0.462. The van der Waals surface area contributed by atoms with Gasteiger partial charge in [0, 0.05) is 6.42 Å². The number of hydrogen-bond acceptors (Lipinski definition) is 4. The van der Waals surface area contributed by atoms with Crippen molar-refractivity contribution in [3.63, 3.8) is 0 Å². The largest absolute Gasteiger partial charge is 0.381 e. The summed E-state index contributed by atoms with van der Waals surface area (Å²) in [6, 6.07) is 0.